The molecule has 3 heteroatoms. The fourth-order valence-electron chi connectivity index (χ4n) is 2.22. The van der Waals surface area contributed by atoms with E-state index in [4.69, 9.17) is 4.74 Å². The third kappa shape index (κ3) is 2.22. The van der Waals surface area contributed by atoms with Crippen LogP contribution in [0.2, 0.25) is 0 Å². The van der Waals surface area contributed by atoms with Gasteiger partial charge in [-0.3, -0.25) is 4.90 Å². The largest absolute Gasteiger partial charge is 0.468 e. The van der Waals surface area contributed by atoms with E-state index in [1.54, 1.807) is 0 Å². The Morgan fingerprint density at radius 1 is 1.11 bits per heavy atom. The molecular weight excluding hydrogens is 226 g/mol. The van der Waals surface area contributed by atoms with Gasteiger partial charge < -0.3 is 4.74 Å². The van der Waals surface area contributed by atoms with Gasteiger partial charge in [0.05, 0.1) is 7.11 Å². The summed E-state index contributed by atoms with van der Waals surface area (Å²) in [5.41, 5.74) is 0.977. The SMILES string of the molecule is COC(=O)C(c1cccc2ccccc12)N(C)C. The van der Waals surface area contributed by atoms with Gasteiger partial charge in [0, 0.05) is 0 Å². The van der Waals surface area contributed by atoms with Gasteiger partial charge in [-0.15, -0.1) is 0 Å². The summed E-state index contributed by atoms with van der Waals surface area (Å²) in [7, 11) is 5.18. The number of fused-ring (bicyclic) bond motifs is 1. The number of rotatable bonds is 3. The summed E-state index contributed by atoms with van der Waals surface area (Å²) in [5.74, 6) is -0.239. The van der Waals surface area contributed by atoms with Crippen molar-refractivity contribution in [3.05, 3.63) is 48.0 Å². The minimum absolute atomic E-state index is 0.239. The summed E-state index contributed by atoms with van der Waals surface area (Å²) < 4.78 is 4.90. The second kappa shape index (κ2) is 5.19. The van der Waals surface area contributed by atoms with Crippen molar-refractivity contribution < 1.29 is 9.53 Å². The van der Waals surface area contributed by atoms with Crippen molar-refractivity contribution in [2.75, 3.05) is 21.2 Å². The molecule has 0 bridgehead atoms. The lowest BCUT2D eigenvalue weighted by Crippen LogP contribution is -2.28. The molecule has 0 aliphatic heterocycles. The maximum absolute atomic E-state index is 11.9. The van der Waals surface area contributed by atoms with E-state index >= 15 is 0 Å². The van der Waals surface area contributed by atoms with Crippen LogP contribution in [0.25, 0.3) is 10.8 Å². The third-order valence-electron chi connectivity index (χ3n) is 3.06. The van der Waals surface area contributed by atoms with E-state index in [1.165, 1.54) is 7.11 Å². The highest BCUT2D eigenvalue weighted by Gasteiger charge is 2.25. The Balaban J connectivity index is 2.61. The molecule has 1 atom stereocenters. The number of methoxy groups -OCH3 is 1. The van der Waals surface area contributed by atoms with Gasteiger partial charge in [-0.2, -0.15) is 0 Å². The summed E-state index contributed by atoms with van der Waals surface area (Å²) in [4.78, 5) is 13.8. The number of nitrogens with zero attached hydrogens (tertiary/aromatic N) is 1. The maximum atomic E-state index is 11.9. The quantitative estimate of drug-likeness (QED) is 0.776. The molecule has 0 radical (unpaired) electrons. The Kier molecular flexibility index (Phi) is 3.63. The fraction of sp³-hybridized carbons (Fsp3) is 0.267. The smallest absolute Gasteiger partial charge is 0.327 e. The first-order valence-corrected chi connectivity index (χ1v) is 5.87. The Bertz CT molecular complexity index is 558. The first-order valence-electron chi connectivity index (χ1n) is 5.87. The lowest BCUT2D eigenvalue weighted by molar-refractivity contribution is -0.146. The molecule has 0 heterocycles. The van der Waals surface area contributed by atoms with E-state index in [0.717, 1.165) is 16.3 Å². The second-order valence-corrected chi connectivity index (χ2v) is 4.46. The minimum atomic E-state index is -0.374. The predicted molar refractivity (Wildman–Crippen MR) is 72.4 cm³/mol. The molecule has 2 rings (SSSR count). The van der Waals surface area contributed by atoms with Crippen LogP contribution in [0.4, 0.5) is 0 Å². The summed E-state index contributed by atoms with van der Waals surface area (Å²) >= 11 is 0. The van der Waals surface area contributed by atoms with Crippen LogP contribution in [-0.2, 0) is 9.53 Å². The summed E-state index contributed by atoms with van der Waals surface area (Å²) in [6, 6.07) is 13.7. The molecule has 0 spiro atoms. The minimum Gasteiger partial charge on any atom is -0.468 e. The number of likely N-dealkylation sites (N-methyl/N-ethyl adjacent to an activating group) is 1. The van der Waals surface area contributed by atoms with E-state index in [9.17, 15) is 4.79 Å². The second-order valence-electron chi connectivity index (χ2n) is 4.46. The highest BCUT2D eigenvalue weighted by Crippen LogP contribution is 2.27. The molecule has 0 N–H and O–H groups in total. The molecule has 0 aliphatic carbocycles. The molecule has 0 saturated carbocycles. The lowest BCUT2D eigenvalue weighted by atomic mass is 9.98. The number of hydrogen-bond acceptors (Lipinski definition) is 3. The van der Waals surface area contributed by atoms with Crippen LogP contribution >= 0.6 is 0 Å². The Hall–Kier alpha value is -1.87. The Labute approximate surface area is 107 Å². The molecule has 2 aromatic carbocycles. The fourth-order valence-corrected chi connectivity index (χ4v) is 2.22. The highest BCUT2D eigenvalue weighted by molar-refractivity contribution is 5.90. The average Bonchev–Trinajstić information content (AvgIpc) is 2.38. The molecule has 94 valence electrons. The number of esters is 1. The van der Waals surface area contributed by atoms with Crippen LogP contribution in [0.3, 0.4) is 0 Å². The van der Waals surface area contributed by atoms with E-state index in [1.807, 2.05) is 61.5 Å². The summed E-state index contributed by atoms with van der Waals surface area (Å²) in [6.45, 7) is 0. The molecular formula is C15H17NO2. The molecule has 0 fully saturated rings. The number of carbonyl (C=O) groups is 1. The number of hydrogen-bond donors (Lipinski definition) is 0. The van der Waals surface area contributed by atoms with E-state index < -0.39 is 0 Å². The van der Waals surface area contributed by atoms with Crippen molar-refractivity contribution in [1.29, 1.82) is 0 Å². The predicted octanol–water partition coefficient (Wildman–Crippen LogP) is 2.62. The van der Waals surface area contributed by atoms with Gasteiger partial charge in [-0.1, -0.05) is 42.5 Å². The monoisotopic (exact) mass is 243 g/mol. The van der Waals surface area contributed by atoms with Crippen molar-refractivity contribution in [3.8, 4) is 0 Å². The van der Waals surface area contributed by atoms with Crippen molar-refractivity contribution >= 4 is 16.7 Å². The molecule has 0 saturated heterocycles. The first kappa shape index (κ1) is 12.6. The molecule has 1 unspecified atom stereocenters. The van der Waals surface area contributed by atoms with Gasteiger partial charge in [-0.05, 0) is 30.4 Å². The van der Waals surface area contributed by atoms with Gasteiger partial charge in [0.25, 0.3) is 0 Å². The summed E-state index contributed by atoms with van der Waals surface area (Å²) in [6.07, 6.45) is 0. The maximum Gasteiger partial charge on any atom is 0.327 e. The van der Waals surface area contributed by atoms with Gasteiger partial charge in [0.15, 0.2) is 0 Å². The molecule has 3 nitrogen and oxygen atoms in total. The molecule has 0 aromatic heterocycles. The molecule has 0 aliphatic rings. The molecule has 18 heavy (non-hydrogen) atoms. The number of benzene rings is 2. The van der Waals surface area contributed by atoms with Gasteiger partial charge in [-0.25, -0.2) is 4.79 Å². The normalized spacial score (nSPS) is 12.7. The number of ether oxygens (including phenoxy) is 1. The molecule has 2 aromatic rings. The first-order chi connectivity index (χ1) is 8.65. The number of carbonyl (C=O) groups excluding carboxylic acids is 1. The van der Waals surface area contributed by atoms with Crippen molar-refractivity contribution in [2.45, 2.75) is 6.04 Å². The van der Waals surface area contributed by atoms with Gasteiger partial charge in [0.1, 0.15) is 6.04 Å². The van der Waals surface area contributed by atoms with Crippen LogP contribution in [0, 0.1) is 0 Å². The van der Waals surface area contributed by atoms with Gasteiger partial charge >= 0.3 is 5.97 Å². The lowest BCUT2D eigenvalue weighted by Gasteiger charge is -2.23. The zero-order valence-electron chi connectivity index (χ0n) is 10.9. The van der Waals surface area contributed by atoms with Crippen LogP contribution in [-0.4, -0.2) is 32.1 Å². The highest BCUT2D eigenvalue weighted by atomic mass is 16.5. The van der Waals surface area contributed by atoms with Crippen molar-refractivity contribution in [3.63, 3.8) is 0 Å². The Morgan fingerprint density at radius 2 is 1.78 bits per heavy atom. The zero-order valence-corrected chi connectivity index (χ0v) is 10.9. The van der Waals surface area contributed by atoms with Crippen LogP contribution in [0.15, 0.2) is 42.5 Å². The van der Waals surface area contributed by atoms with E-state index in [2.05, 4.69) is 0 Å². The van der Waals surface area contributed by atoms with E-state index in [-0.39, 0.29) is 12.0 Å². The van der Waals surface area contributed by atoms with Crippen molar-refractivity contribution in [1.82, 2.24) is 4.90 Å². The van der Waals surface area contributed by atoms with Gasteiger partial charge in [0.2, 0.25) is 0 Å². The third-order valence-corrected chi connectivity index (χ3v) is 3.06. The zero-order chi connectivity index (χ0) is 13.1. The average molecular weight is 243 g/mol. The van der Waals surface area contributed by atoms with Crippen LogP contribution in [0.1, 0.15) is 11.6 Å². The standard InChI is InChI=1S/C15H17NO2/c1-16(2)14(15(17)18-3)13-10-6-8-11-7-4-5-9-12(11)13/h4-10,14H,1-3H3. The van der Waals surface area contributed by atoms with Crippen molar-refractivity contribution in [2.24, 2.45) is 0 Å². The Morgan fingerprint density at radius 3 is 2.44 bits per heavy atom. The topological polar surface area (TPSA) is 29.5 Å². The van der Waals surface area contributed by atoms with Crippen LogP contribution < -0.4 is 0 Å². The summed E-state index contributed by atoms with van der Waals surface area (Å²) in [5, 5.41) is 2.22. The van der Waals surface area contributed by atoms with E-state index in [0.29, 0.717) is 0 Å². The van der Waals surface area contributed by atoms with Crippen LogP contribution in [0.5, 0.6) is 0 Å². The molecule has 0 amide bonds.